The van der Waals surface area contributed by atoms with Crippen molar-refractivity contribution in [3.8, 4) is 11.1 Å². The van der Waals surface area contributed by atoms with Gasteiger partial charge < -0.3 is 0 Å². The Morgan fingerprint density at radius 2 is 1.58 bits per heavy atom. The van der Waals surface area contributed by atoms with Crippen molar-refractivity contribution in [1.82, 2.24) is 0 Å². The first-order chi connectivity index (χ1) is 9.31. The first-order valence-corrected chi connectivity index (χ1v) is 7.56. The van der Waals surface area contributed by atoms with E-state index >= 15 is 0 Å². The molecule has 1 heteroatoms. The molecule has 0 saturated carbocycles. The van der Waals surface area contributed by atoms with Gasteiger partial charge in [-0.25, -0.2) is 0 Å². The maximum absolute atomic E-state index is 3.59. The molecular weight excluding hydrogens is 296 g/mol. The highest BCUT2D eigenvalue weighted by atomic mass is 79.9. The Hall–Kier alpha value is -1.60. The molecule has 94 valence electrons. The van der Waals surface area contributed by atoms with Gasteiger partial charge in [-0.1, -0.05) is 76.6 Å². The average Bonchev–Trinajstić information content (AvgIpc) is 2.47. The van der Waals surface area contributed by atoms with E-state index in [1.165, 1.54) is 33.0 Å². The number of aryl methyl sites for hydroxylation is 1. The van der Waals surface area contributed by atoms with Gasteiger partial charge in [0.25, 0.3) is 0 Å². The smallest absolute Gasteiger partial charge is 0.0289 e. The van der Waals surface area contributed by atoms with Crippen LogP contribution in [0.3, 0.4) is 0 Å². The maximum Gasteiger partial charge on any atom is 0.0289 e. The summed E-state index contributed by atoms with van der Waals surface area (Å²) in [5.74, 6) is 0. The molecule has 0 aromatic heterocycles. The number of fused-ring (bicyclic) bond motifs is 1. The zero-order chi connectivity index (χ0) is 13.2. The Bertz CT molecular complexity index is 729. The van der Waals surface area contributed by atoms with Crippen LogP contribution in [0.1, 0.15) is 11.1 Å². The molecule has 3 rings (SSSR count). The van der Waals surface area contributed by atoms with Crippen LogP contribution >= 0.6 is 15.9 Å². The number of alkyl halides is 1. The third kappa shape index (κ3) is 2.19. The highest BCUT2D eigenvalue weighted by Crippen LogP contribution is 2.34. The summed E-state index contributed by atoms with van der Waals surface area (Å²) in [5, 5.41) is 3.51. The second kappa shape index (κ2) is 5.18. The monoisotopic (exact) mass is 310 g/mol. The van der Waals surface area contributed by atoms with Crippen molar-refractivity contribution in [2.45, 2.75) is 12.3 Å². The van der Waals surface area contributed by atoms with E-state index in [0.717, 1.165) is 5.33 Å². The zero-order valence-corrected chi connectivity index (χ0v) is 12.4. The number of hydrogen-bond donors (Lipinski definition) is 0. The molecular formula is C18H15Br. The molecule has 19 heavy (non-hydrogen) atoms. The van der Waals surface area contributed by atoms with Crippen LogP contribution < -0.4 is 0 Å². The molecule has 0 atom stereocenters. The molecule has 3 aromatic carbocycles. The van der Waals surface area contributed by atoms with Crippen LogP contribution in [0, 0.1) is 6.92 Å². The van der Waals surface area contributed by atoms with Crippen molar-refractivity contribution in [3.63, 3.8) is 0 Å². The van der Waals surface area contributed by atoms with Gasteiger partial charge in [0.05, 0.1) is 0 Å². The van der Waals surface area contributed by atoms with Gasteiger partial charge in [0, 0.05) is 5.33 Å². The summed E-state index contributed by atoms with van der Waals surface area (Å²) in [5.41, 5.74) is 5.34. The molecule has 0 aliphatic heterocycles. The standard InChI is InChI=1S/C18H15Br/c1-13-10-11-14-6-2-4-8-16(14)18(13)17-9-5-3-7-15(17)12-19/h2-11H,12H2,1H3. The Labute approximate surface area is 122 Å². The van der Waals surface area contributed by atoms with Crippen LogP contribution in [0.15, 0.2) is 60.7 Å². The van der Waals surface area contributed by atoms with Crippen LogP contribution in [-0.2, 0) is 5.33 Å². The number of hydrogen-bond acceptors (Lipinski definition) is 0. The number of benzene rings is 3. The van der Waals surface area contributed by atoms with Crippen molar-refractivity contribution in [3.05, 3.63) is 71.8 Å². The van der Waals surface area contributed by atoms with Crippen molar-refractivity contribution in [2.75, 3.05) is 0 Å². The lowest BCUT2D eigenvalue weighted by molar-refractivity contribution is 1.41. The van der Waals surface area contributed by atoms with E-state index in [-0.39, 0.29) is 0 Å². The Kier molecular flexibility index (Phi) is 3.39. The quantitative estimate of drug-likeness (QED) is 0.532. The molecule has 0 saturated heterocycles. The fourth-order valence-corrected chi connectivity index (χ4v) is 3.11. The largest absolute Gasteiger partial charge is 0.0876 e. The predicted molar refractivity (Wildman–Crippen MR) is 86.8 cm³/mol. The minimum Gasteiger partial charge on any atom is -0.0876 e. The minimum atomic E-state index is 0.881. The average molecular weight is 311 g/mol. The summed E-state index contributed by atoms with van der Waals surface area (Å²) in [6.45, 7) is 2.19. The second-order valence-electron chi connectivity index (χ2n) is 4.77. The molecule has 0 fully saturated rings. The van der Waals surface area contributed by atoms with Gasteiger partial charge in [0.15, 0.2) is 0 Å². The third-order valence-electron chi connectivity index (χ3n) is 3.57. The Balaban J connectivity index is 2.38. The number of halogens is 1. The van der Waals surface area contributed by atoms with E-state index in [1.54, 1.807) is 0 Å². The van der Waals surface area contributed by atoms with Crippen LogP contribution in [0.25, 0.3) is 21.9 Å². The van der Waals surface area contributed by atoms with Gasteiger partial charge in [-0.3, -0.25) is 0 Å². The van der Waals surface area contributed by atoms with E-state index in [2.05, 4.69) is 83.5 Å². The summed E-state index contributed by atoms with van der Waals surface area (Å²) < 4.78 is 0. The van der Waals surface area contributed by atoms with Crippen molar-refractivity contribution in [2.24, 2.45) is 0 Å². The molecule has 0 radical (unpaired) electrons. The predicted octanol–water partition coefficient (Wildman–Crippen LogP) is 5.71. The Morgan fingerprint density at radius 1 is 0.842 bits per heavy atom. The van der Waals surface area contributed by atoms with Gasteiger partial charge in [-0.15, -0.1) is 0 Å². The third-order valence-corrected chi connectivity index (χ3v) is 4.17. The van der Waals surface area contributed by atoms with E-state index < -0.39 is 0 Å². The number of rotatable bonds is 2. The first-order valence-electron chi connectivity index (χ1n) is 6.44. The van der Waals surface area contributed by atoms with Crippen LogP contribution in [0.4, 0.5) is 0 Å². The van der Waals surface area contributed by atoms with Crippen LogP contribution in [0.2, 0.25) is 0 Å². The highest BCUT2D eigenvalue weighted by molar-refractivity contribution is 9.08. The molecule has 0 amide bonds. The molecule has 3 aromatic rings. The van der Waals surface area contributed by atoms with E-state index in [9.17, 15) is 0 Å². The molecule has 0 unspecified atom stereocenters. The van der Waals surface area contributed by atoms with Gasteiger partial charge in [-0.2, -0.15) is 0 Å². The van der Waals surface area contributed by atoms with Crippen LogP contribution in [-0.4, -0.2) is 0 Å². The normalized spacial score (nSPS) is 10.8. The van der Waals surface area contributed by atoms with Gasteiger partial charge in [0.2, 0.25) is 0 Å². The molecule has 0 nitrogen and oxygen atoms in total. The molecule has 0 heterocycles. The summed E-state index contributed by atoms with van der Waals surface area (Å²) in [6, 6.07) is 21.6. The fourth-order valence-electron chi connectivity index (χ4n) is 2.62. The lowest BCUT2D eigenvalue weighted by atomic mass is 9.91. The van der Waals surface area contributed by atoms with Crippen molar-refractivity contribution in [1.29, 1.82) is 0 Å². The molecule has 0 aliphatic rings. The fraction of sp³-hybridized carbons (Fsp3) is 0.111. The van der Waals surface area contributed by atoms with Crippen LogP contribution in [0.5, 0.6) is 0 Å². The zero-order valence-electron chi connectivity index (χ0n) is 10.9. The van der Waals surface area contributed by atoms with E-state index in [1.807, 2.05) is 0 Å². The van der Waals surface area contributed by atoms with Gasteiger partial charge in [0.1, 0.15) is 0 Å². The van der Waals surface area contributed by atoms with E-state index in [4.69, 9.17) is 0 Å². The summed E-state index contributed by atoms with van der Waals surface area (Å²) >= 11 is 3.59. The molecule has 0 aliphatic carbocycles. The van der Waals surface area contributed by atoms with Crippen molar-refractivity contribution >= 4 is 26.7 Å². The maximum atomic E-state index is 3.59. The van der Waals surface area contributed by atoms with Gasteiger partial charge >= 0.3 is 0 Å². The molecule has 0 N–H and O–H groups in total. The minimum absolute atomic E-state index is 0.881. The summed E-state index contributed by atoms with van der Waals surface area (Å²) in [7, 11) is 0. The molecule has 0 bridgehead atoms. The van der Waals surface area contributed by atoms with Crippen molar-refractivity contribution < 1.29 is 0 Å². The van der Waals surface area contributed by atoms with Gasteiger partial charge in [-0.05, 0) is 39.9 Å². The second-order valence-corrected chi connectivity index (χ2v) is 5.33. The molecule has 0 spiro atoms. The lowest BCUT2D eigenvalue weighted by Gasteiger charge is -2.13. The highest BCUT2D eigenvalue weighted by Gasteiger charge is 2.10. The summed E-state index contributed by atoms with van der Waals surface area (Å²) in [6.07, 6.45) is 0. The topological polar surface area (TPSA) is 0 Å². The van der Waals surface area contributed by atoms with E-state index in [0.29, 0.717) is 0 Å². The Morgan fingerprint density at radius 3 is 2.42 bits per heavy atom. The lowest BCUT2D eigenvalue weighted by Crippen LogP contribution is -1.90. The summed E-state index contributed by atoms with van der Waals surface area (Å²) in [4.78, 5) is 0. The first kappa shape index (κ1) is 12.4. The SMILES string of the molecule is Cc1ccc2ccccc2c1-c1ccccc1CBr.